The van der Waals surface area contributed by atoms with Crippen LogP contribution < -0.4 is 20.3 Å². The van der Waals surface area contributed by atoms with Gasteiger partial charge in [-0.05, 0) is 43.7 Å². The summed E-state index contributed by atoms with van der Waals surface area (Å²) in [4.78, 5) is 23.8. The summed E-state index contributed by atoms with van der Waals surface area (Å²) in [5.74, 6) is 0.168. The maximum Gasteiger partial charge on any atom is 0.262 e. The van der Waals surface area contributed by atoms with E-state index in [0.717, 1.165) is 11.4 Å². The molecule has 8 nitrogen and oxygen atoms in total. The van der Waals surface area contributed by atoms with Crippen molar-refractivity contribution in [2.24, 2.45) is 0 Å². The summed E-state index contributed by atoms with van der Waals surface area (Å²) in [5.41, 5.74) is 7.03. The van der Waals surface area contributed by atoms with Crippen LogP contribution in [-0.4, -0.2) is 34.8 Å². The van der Waals surface area contributed by atoms with Crippen molar-refractivity contribution < 1.29 is 19.1 Å². The Morgan fingerprint density at radius 3 is 2.74 bits per heavy atom. The molecule has 142 valence electrons. The Kier molecular flexibility index (Phi) is 5.66. The Balaban J connectivity index is 1.54. The van der Waals surface area contributed by atoms with Crippen LogP contribution in [0.25, 0.3) is 6.08 Å². The molecule has 3 rings (SSSR count). The van der Waals surface area contributed by atoms with Crippen LogP contribution in [-0.2, 0) is 16.1 Å². The largest absolute Gasteiger partial charge is 0.486 e. The number of hydrogen-bond acceptors (Lipinski definition) is 5. The zero-order valence-corrected chi connectivity index (χ0v) is 15.7. The zero-order valence-electron chi connectivity index (χ0n) is 14.9. The van der Waals surface area contributed by atoms with Gasteiger partial charge in [0.1, 0.15) is 19.8 Å². The fourth-order valence-corrected chi connectivity index (χ4v) is 2.86. The Bertz CT molecular complexity index is 907. The van der Waals surface area contributed by atoms with Crippen LogP contribution in [0.5, 0.6) is 11.5 Å². The van der Waals surface area contributed by atoms with Gasteiger partial charge in [-0.25, -0.2) is 0 Å². The Morgan fingerprint density at radius 2 is 2.00 bits per heavy atom. The van der Waals surface area contributed by atoms with Crippen LogP contribution >= 0.6 is 11.6 Å². The number of carbonyl (C=O) groups is 2. The molecular formula is C18H19ClN4O4. The van der Waals surface area contributed by atoms with Crippen LogP contribution in [0.15, 0.2) is 24.3 Å². The van der Waals surface area contributed by atoms with Gasteiger partial charge in [-0.1, -0.05) is 11.6 Å². The molecular weight excluding hydrogens is 372 g/mol. The highest BCUT2D eigenvalue weighted by atomic mass is 35.5. The number of ether oxygens (including phenoxy) is 2. The second kappa shape index (κ2) is 8.13. The number of fused-ring (bicyclic) bond motifs is 1. The second-order valence-corrected chi connectivity index (χ2v) is 6.39. The van der Waals surface area contributed by atoms with Crippen LogP contribution in [0, 0.1) is 13.8 Å². The summed E-state index contributed by atoms with van der Waals surface area (Å²) >= 11 is 6.15. The molecule has 0 atom stereocenters. The van der Waals surface area contributed by atoms with Gasteiger partial charge < -0.3 is 9.47 Å². The first-order chi connectivity index (χ1) is 12.9. The standard InChI is InChI=1S/C18H19ClN4O4/c1-11-7-12(2)23(22-11)10-17(25)21-20-16(24)4-3-13-8-14(19)18-15(9-13)26-5-6-27-18/h3-4,7-9H,5-6,10H2,1-2H3,(H,20,24)(H,21,25)/b4-3+. The van der Waals surface area contributed by atoms with Crippen molar-refractivity contribution in [3.63, 3.8) is 0 Å². The van der Waals surface area contributed by atoms with E-state index < -0.39 is 5.91 Å². The fraction of sp³-hybridized carbons (Fsp3) is 0.278. The van der Waals surface area contributed by atoms with Crippen LogP contribution in [0.2, 0.25) is 5.02 Å². The van der Waals surface area contributed by atoms with E-state index in [9.17, 15) is 9.59 Å². The van der Waals surface area contributed by atoms with Crippen molar-refractivity contribution in [2.45, 2.75) is 20.4 Å². The predicted octanol–water partition coefficient (Wildman–Crippen LogP) is 1.79. The summed E-state index contributed by atoms with van der Waals surface area (Å²) in [7, 11) is 0. The van der Waals surface area contributed by atoms with Crippen LogP contribution in [0.4, 0.5) is 0 Å². The number of carbonyl (C=O) groups excluding carboxylic acids is 2. The molecule has 27 heavy (non-hydrogen) atoms. The lowest BCUT2D eigenvalue weighted by atomic mass is 10.1. The Hall–Kier alpha value is -3.00. The van der Waals surface area contributed by atoms with E-state index in [1.54, 1.807) is 22.9 Å². The van der Waals surface area contributed by atoms with Gasteiger partial charge in [0.15, 0.2) is 11.5 Å². The number of benzene rings is 1. The molecule has 1 aliphatic heterocycles. The zero-order chi connectivity index (χ0) is 19.4. The minimum atomic E-state index is -0.484. The lowest BCUT2D eigenvalue weighted by Crippen LogP contribution is -2.42. The highest BCUT2D eigenvalue weighted by Crippen LogP contribution is 2.38. The number of halogens is 1. The van der Waals surface area contributed by atoms with Crippen molar-refractivity contribution in [1.82, 2.24) is 20.6 Å². The summed E-state index contributed by atoms with van der Waals surface area (Å²) in [6.07, 6.45) is 2.85. The van der Waals surface area contributed by atoms with E-state index >= 15 is 0 Å². The molecule has 2 heterocycles. The van der Waals surface area contributed by atoms with E-state index in [1.807, 2.05) is 19.9 Å². The SMILES string of the molecule is Cc1cc(C)n(CC(=O)NNC(=O)/C=C/c2cc(Cl)c3c(c2)OCCO3)n1. The summed E-state index contributed by atoms with van der Waals surface area (Å²) < 4.78 is 12.5. The normalized spacial score (nSPS) is 12.9. The minimum absolute atomic E-state index is 0.0153. The van der Waals surface area contributed by atoms with Crippen molar-refractivity contribution in [2.75, 3.05) is 13.2 Å². The number of aromatic nitrogens is 2. The predicted molar refractivity (Wildman–Crippen MR) is 99.5 cm³/mol. The number of nitrogens with zero attached hydrogens (tertiary/aromatic N) is 2. The van der Waals surface area contributed by atoms with Crippen LogP contribution in [0.3, 0.4) is 0 Å². The molecule has 0 bridgehead atoms. The van der Waals surface area contributed by atoms with Gasteiger partial charge in [0.2, 0.25) is 0 Å². The molecule has 1 aliphatic rings. The first-order valence-electron chi connectivity index (χ1n) is 8.29. The third-order valence-corrected chi connectivity index (χ3v) is 4.05. The monoisotopic (exact) mass is 390 g/mol. The molecule has 2 aromatic rings. The van der Waals surface area contributed by atoms with Crippen LogP contribution in [0.1, 0.15) is 17.0 Å². The maximum absolute atomic E-state index is 11.9. The van der Waals surface area contributed by atoms with Crippen molar-refractivity contribution in [3.05, 3.63) is 46.2 Å². The van der Waals surface area contributed by atoms with Gasteiger partial charge in [-0.2, -0.15) is 5.10 Å². The Labute approximate surface area is 161 Å². The number of nitrogens with one attached hydrogen (secondary N) is 2. The molecule has 2 N–H and O–H groups in total. The summed E-state index contributed by atoms with van der Waals surface area (Å²) in [5, 5.41) is 4.60. The molecule has 1 aromatic heterocycles. The number of hydrazine groups is 1. The molecule has 0 radical (unpaired) electrons. The Morgan fingerprint density at radius 1 is 1.22 bits per heavy atom. The van der Waals surface area contributed by atoms with Crippen molar-refractivity contribution >= 4 is 29.5 Å². The summed E-state index contributed by atoms with van der Waals surface area (Å²) in [6, 6.07) is 5.26. The summed E-state index contributed by atoms with van der Waals surface area (Å²) in [6.45, 7) is 4.60. The molecule has 2 amide bonds. The number of hydrogen-bond donors (Lipinski definition) is 2. The highest BCUT2D eigenvalue weighted by molar-refractivity contribution is 6.32. The van der Waals surface area contributed by atoms with E-state index in [-0.39, 0.29) is 12.5 Å². The van der Waals surface area contributed by atoms with Gasteiger partial charge in [-0.3, -0.25) is 25.1 Å². The quantitative estimate of drug-likeness (QED) is 0.613. The molecule has 0 fully saturated rings. The lowest BCUT2D eigenvalue weighted by molar-refractivity contribution is -0.127. The number of amides is 2. The average molecular weight is 391 g/mol. The molecule has 9 heteroatoms. The number of aryl methyl sites for hydroxylation is 2. The molecule has 0 aliphatic carbocycles. The van der Waals surface area contributed by atoms with E-state index in [1.165, 1.54) is 6.08 Å². The first kappa shape index (κ1) is 18.8. The van der Waals surface area contributed by atoms with Gasteiger partial charge in [0.25, 0.3) is 11.8 Å². The average Bonchev–Trinajstić information content (AvgIpc) is 2.95. The highest BCUT2D eigenvalue weighted by Gasteiger charge is 2.16. The topological polar surface area (TPSA) is 94.5 Å². The molecule has 0 saturated heterocycles. The number of rotatable bonds is 4. The lowest BCUT2D eigenvalue weighted by Gasteiger charge is -2.19. The van der Waals surface area contributed by atoms with Gasteiger partial charge >= 0.3 is 0 Å². The maximum atomic E-state index is 11.9. The van der Waals surface area contributed by atoms with E-state index in [0.29, 0.717) is 35.3 Å². The molecule has 0 unspecified atom stereocenters. The van der Waals surface area contributed by atoms with E-state index in [4.69, 9.17) is 21.1 Å². The minimum Gasteiger partial charge on any atom is -0.486 e. The molecule has 0 spiro atoms. The molecule has 1 aromatic carbocycles. The smallest absolute Gasteiger partial charge is 0.262 e. The van der Waals surface area contributed by atoms with Gasteiger partial charge in [-0.15, -0.1) is 0 Å². The molecule has 0 saturated carbocycles. The van der Waals surface area contributed by atoms with Gasteiger partial charge in [0.05, 0.1) is 10.7 Å². The third-order valence-electron chi connectivity index (χ3n) is 3.77. The first-order valence-corrected chi connectivity index (χ1v) is 8.67. The van der Waals surface area contributed by atoms with Gasteiger partial charge in [0, 0.05) is 11.8 Å². The van der Waals surface area contributed by atoms with Crippen molar-refractivity contribution in [3.8, 4) is 11.5 Å². The van der Waals surface area contributed by atoms with Crippen molar-refractivity contribution in [1.29, 1.82) is 0 Å². The second-order valence-electron chi connectivity index (χ2n) is 5.98. The van der Waals surface area contributed by atoms with E-state index in [2.05, 4.69) is 16.0 Å². The third kappa shape index (κ3) is 4.79. The fourth-order valence-electron chi connectivity index (χ4n) is 2.58.